The van der Waals surface area contributed by atoms with Crippen molar-refractivity contribution in [3.8, 4) is 23.0 Å². The molecular formula is C59H69N9O16. The molecule has 0 spiro atoms. The van der Waals surface area contributed by atoms with Gasteiger partial charge in [0.25, 0.3) is 23.6 Å². The van der Waals surface area contributed by atoms with Crippen LogP contribution in [0.4, 0.5) is 21.9 Å². The number of aliphatic imine (C=N–C) groups is 1. The molecule has 0 saturated carbocycles. The number of benzene rings is 3. The maximum Gasteiger partial charge on any atom is 0.416 e. The Morgan fingerprint density at radius 3 is 2.06 bits per heavy atom. The molecule has 2 saturated heterocycles. The molecule has 5 aliphatic rings. The van der Waals surface area contributed by atoms with Crippen LogP contribution in [0.2, 0.25) is 0 Å². The predicted molar refractivity (Wildman–Crippen MR) is 304 cm³/mol. The Balaban J connectivity index is 0.817. The number of nitrogens with zero attached hydrogens (tertiary/aromatic N) is 5. The van der Waals surface area contributed by atoms with Crippen molar-refractivity contribution in [2.45, 2.75) is 89.9 Å². The number of hydrogen-bond acceptors (Lipinski definition) is 17. The highest BCUT2D eigenvalue weighted by Crippen LogP contribution is 2.43. The lowest BCUT2D eigenvalue weighted by Crippen LogP contribution is -2.53. The predicted octanol–water partition coefficient (Wildman–Crippen LogP) is 3.71. The Morgan fingerprint density at radius 1 is 0.738 bits per heavy atom. The number of amides is 9. The van der Waals surface area contributed by atoms with E-state index in [2.05, 4.69) is 39.4 Å². The van der Waals surface area contributed by atoms with Crippen LogP contribution in [-0.4, -0.2) is 177 Å². The number of imide groups is 1. The fourth-order valence-corrected chi connectivity index (χ4v) is 9.99. The summed E-state index contributed by atoms with van der Waals surface area (Å²) in [5.41, 5.74) is 3.43. The van der Waals surface area contributed by atoms with Gasteiger partial charge in [-0.2, -0.15) is 0 Å². The molecule has 2 fully saturated rings. The summed E-state index contributed by atoms with van der Waals surface area (Å²) in [5, 5.41) is 22.6. The van der Waals surface area contributed by atoms with Gasteiger partial charge in [0.1, 0.15) is 18.7 Å². The number of aliphatic hydroxyl groups is 1. The second-order valence-corrected chi connectivity index (χ2v) is 20.9. The minimum absolute atomic E-state index is 0.00591. The summed E-state index contributed by atoms with van der Waals surface area (Å²) < 4.78 is 34.8. The average Bonchev–Trinajstić information content (AvgIpc) is 3.36. The monoisotopic (exact) mass is 1160 g/mol. The highest BCUT2D eigenvalue weighted by atomic mass is 16.6. The third-order valence-corrected chi connectivity index (χ3v) is 14.5. The van der Waals surface area contributed by atoms with Gasteiger partial charge in [0.15, 0.2) is 29.2 Å². The minimum atomic E-state index is -1.56. The molecule has 3 aromatic carbocycles. The van der Waals surface area contributed by atoms with Crippen LogP contribution < -0.4 is 45.1 Å². The molecule has 25 nitrogen and oxygen atoms in total. The minimum Gasteiger partial charge on any atom is -0.493 e. The van der Waals surface area contributed by atoms with E-state index in [0.29, 0.717) is 59.0 Å². The van der Waals surface area contributed by atoms with Crippen molar-refractivity contribution in [2.24, 2.45) is 10.9 Å². The molecule has 25 heteroatoms. The molecule has 9 amide bonds. The van der Waals surface area contributed by atoms with E-state index in [-0.39, 0.29) is 118 Å². The molecule has 5 aliphatic heterocycles. The summed E-state index contributed by atoms with van der Waals surface area (Å²) in [4.78, 5) is 126. The van der Waals surface area contributed by atoms with Gasteiger partial charge in [0, 0.05) is 81.6 Å². The summed E-state index contributed by atoms with van der Waals surface area (Å²) in [7, 11) is 2.89. The number of fused-ring (bicyclic) bond motifs is 4. The Labute approximate surface area is 484 Å². The lowest BCUT2D eigenvalue weighted by Gasteiger charge is -2.31. The largest absolute Gasteiger partial charge is 0.493 e. The molecule has 3 aromatic rings. The highest BCUT2D eigenvalue weighted by Gasteiger charge is 2.46. The van der Waals surface area contributed by atoms with E-state index in [0.717, 1.165) is 27.5 Å². The van der Waals surface area contributed by atoms with Crippen LogP contribution in [0.15, 0.2) is 90.0 Å². The zero-order valence-electron chi connectivity index (χ0n) is 47.4. The molecule has 0 bridgehead atoms. The number of aliphatic hydroxyl groups excluding tert-OH is 1. The molecule has 1 unspecified atom stereocenters. The third-order valence-electron chi connectivity index (χ3n) is 14.5. The van der Waals surface area contributed by atoms with Crippen molar-refractivity contribution in [3.63, 3.8) is 0 Å². The van der Waals surface area contributed by atoms with Crippen LogP contribution in [-0.2, 0) is 44.8 Å². The van der Waals surface area contributed by atoms with E-state index in [1.54, 1.807) is 61.4 Å². The number of nitrogens with one attached hydrogen (secondary N) is 4. The van der Waals surface area contributed by atoms with Crippen LogP contribution in [0.5, 0.6) is 23.0 Å². The average molecular weight is 1160 g/mol. The molecule has 5 heterocycles. The highest BCUT2D eigenvalue weighted by molar-refractivity contribution is 6.13. The summed E-state index contributed by atoms with van der Waals surface area (Å²) in [6.07, 6.45) is 2.55. The maximum atomic E-state index is 14.2. The van der Waals surface area contributed by atoms with E-state index in [4.69, 9.17) is 28.4 Å². The van der Waals surface area contributed by atoms with Crippen molar-refractivity contribution < 1.29 is 76.7 Å². The maximum absolute atomic E-state index is 14.2. The number of rotatable bonds is 25. The smallest absolute Gasteiger partial charge is 0.416 e. The van der Waals surface area contributed by atoms with Gasteiger partial charge in [-0.25, -0.2) is 9.69 Å². The molecule has 84 heavy (non-hydrogen) atoms. The van der Waals surface area contributed by atoms with Crippen LogP contribution in [0.25, 0.3) is 0 Å². The number of anilines is 2. The van der Waals surface area contributed by atoms with E-state index >= 15 is 0 Å². The van der Waals surface area contributed by atoms with Crippen molar-refractivity contribution >= 4 is 76.6 Å². The lowest BCUT2D eigenvalue weighted by atomic mass is 10.0. The normalized spacial score (nSPS) is 18.5. The first kappa shape index (κ1) is 61.0. The van der Waals surface area contributed by atoms with E-state index in [9.17, 15) is 48.3 Å². The number of ether oxygens (including phenoxy) is 6. The van der Waals surface area contributed by atoms with Gasteiger partial charge in [-0.1, -0.05) is 50.3 Å². The van der Waals surface area contributed by atoms with Crippen molar-refractivity contribution in [1.82, 2.24) is 30.7 Å². The molecule has 5 atom stereocenters. The van der Waals surface area contributed by atoms with Gasteiger partial charge in [-0.3, -0.25) is 48.2 Å². The SMILES string of the molecule is C=C1C[C@H]2C=Nc3cc(OCCCOc4cc5c(cc4OC)C(=O)N4CC(=C)C[C@H]4C(O)N5C(=O)OCc4ccc(NC(=O)[C@H](C)NC(=O)[C@@H](NC(=O)CCOCCNC(=O)CCN5C(=O)C=CC5=O)C(C)C)cc4)c(OC)cc3C(=O)N2C1. The number of methoxy groups -OCH3 is 2. The van der Waals surface area contributed by atoms with Crippen LogP contribution in [0, 0.1) is 5.92 Å². The standard InChI is InChI=1S/C59H69N9O16/c1-33(2)53(64-50(70)16-21-81-22-17-60-49(69)15-18-65-51(71)13-14-52(65)72)55(74)62-36(5)54(73)63-38-11-9-37(10-12-38)32-84-59(78)68-43-28-48(46(80-7)26-41(43)57(76)67-31-35(4)24-44(67)58(68)77)83-20-8-19-82-47-27-42-40(25-45(47)79-6)56(75)66-30-34(3)23-39(66)29-61-42/h9-14,25-29,33,36,39,44,53,58,77H,3-4,8,15-24,30-32H2,1-2,5-7H3,(H,60,69)(H,62,74)(H,63,73)(H,64,70)/t36-,39-,44-,53-,58?/m0/s1. The summed E-state index contributed by atoms with van der Waals surface area (Å²) in [6.45, 7) is 13.8. The molecule has 5 N–H and O–H groups in total. The van der Waals surface area contributed by atoms with E-state index < -0.39 is 65.9 Å². The van der Waals surface area contributed by atoms with Gasteiger partial charge in [0.05, 0.1) is 75.2 Å². The van der Waals surface area contributed by atoms with E-state index in [1.165, 1.54) is 38.2 Å². The van der Waals surface area contributed by atoms with Gasteiger partial charge in [0.2, 0.25) is 23.6 Å². The summed E-state index contributed by atoms with van der Waals surface area (Å²) >= 11 is 0. The van der Waals surface area contributed by atoms with Gasteiger partial charge in [-0.05, 0) is 55.5 Å². The Morgan fingerprint density at radius 2 is 1.38 bits per heavy atom. The molecule has 446 valence electrons. The molecule has 0 aromatic heterocycles. The number of carbonyl (C=O) groups is 9. The number of hydrogen-bond donors (Lipinski definition) is 5. The van der Waals surface area contributed by atoms with Crippen LogP contribution >= 0.6 is 0 Å². The zero-order valence-corrected chi connectivity index (χ0v) is 47.4. The fourth-order valence-electron chi connectivity index (χ4n) is 9.99. The molecule has 8 rings (SSSR count). The van der Waals surface area contributed by atoms with Gasteiger partial charge >= 0.3 is 6.09 Å². The van der Waals surface area contributed by atoms with Crippen molar-refractivity contribution in [3.05, 3.63) is 102 Å². The van der Waals surface area contributed by atoms with Crippen LogP contribution in [0.3, 0.4) is 0 Å². The third kappa shape index (κ3) is 14.4. The summed E-state index contributed by atoms with van der Waals surface area (Å²) in [5.74, 6) is -2.84. The number of carbonyl (C=O) groups excluding carboxylic acids is 9. The molecule has 0 radical (unpaired) electrons. The summed E-state index contributed by atoms with van der Waals surface area (Å²) in [6, 6.07) is 9.51. The quantitative estimate of drug-likeness (QED) is 0.0459. The van der Waals surface area contributed by atoms with Crippen LogP contribution in [0.1, 0.15) is 79.2 Å². The van der Waals surface area contributed by atoms with Crippen molar-refractivity contribution in [1.29, 1.82) is 0 Å². The molecular weight excluding hydrogens is 1090 g/mol. The second-order valence-electron chi connectivity index (χ2n) is 20.9. The zero-order chi connectivity index (χ0) is 60.4. The fraction of sp³-hybridized carbons (Fsp3) is 0.424. The Kier molecular flexibility index (Phi) is 19.8. The first-order valence-corrected chi connectivity index (χ1v) is 27.5. The second kappa shape index (κ2) is 27.3. The Bertz CT molecular complexity index is 3140. The first-order valence-electron chi connectivity index (χ1n) is 27.5. The Hall–Kier alpha value is -9.10. The topological polar surface area (TPSA) is 303 Å². The lowest BCUT2D eigenvalue weighted by molar-refractivity contribution is -0.137. The van der Waals surface area contributed by atoms with Gasteiger partial charge in [-0.15, -0.1) is 0 Å². The first-order chi connectivity index (χ1) is 40.2. The van der Waals surface area contributed by atoms with Gasteiger partial charge < -0.3 is 64.6 Å². The van der Waals surface area contributed by atoms with E-state index in [1.807, 2.05) is 0 Å². The molecule has 0 aliphatic carbocycles. The van der Waals surface area contributed by atoms with Crippen molar-refractivity contribution in [2.75, 3.05) is 77.0 Å².